The van der Waals surface area contributed by atoms with Crippen LogP contribution in [0.4, 0.5) is 0 Å². The summed E-state index contributed by atoms with van der Waals surface area (Å²) in [5, 5.41) is 3.74. The third kappa shape index (κ3) is 2.84. The predicted octanol–water partition coefficient (Wildman–Crippen LogP) is 2.45. The number of benzene rings is 1. The van der Waals surface area contributed by atoms with E-state index in [2.05, 4.69) is 10.3 Å². The third-order valence-electron chi connectivity index (χ3n) is 3.32. The summed E-state index contributed by atoms with van der Waals surface area (Å²) in [6.07, 6.45) is 1.71. The van der Waals surface area contributed by atoms with Crippen LogP contribution in [0.25, 0.3) is 10.9 Å². The van der Waals surface area contributed by atoms with Gasteiger partial charge in [0.15, 0.2) is 0 Å². The summed E-state index contributed by atoms with van der Waals surface area (Å²) in [4.78, 5) is 26.8. The lowest BCUT2D eigenvalue weighted by atomic mass is 10.1. The smallest absolute Gasteiger partial charge is 0.261 e. The number of carbonyl (C=O) groups is 1. The van der Waals surface area contributed by atoms with Crippen LogP contribution >= 0.6 is 0 Å². The second kappa shape index (κ2) is 5.69. The minimum atomic E-state index is -0.345. The second-order valence-corrected chi connectivity index (χ2v) is 4.59. The largest absolute Gasteiger partial charge is 0.349 e. The van der Waals surface area contributed by atoms with Crippen LogP contribution in [-0.2, 0) is 0 Å². The van der Waals surface area contributed by atoms with Crippen molar-refractivity contribution in [2.24, 2.45) is 0 Å². The number of rotatable bonds is 4. The molecule has 1 aromatic heterocycles. The van der Waals surface area contributed by atoms with Crippen LogP contribution in [-0.4, -0.2) is 16.9 Å². The highest BCUT2D eigenvalue weighted by Crippen LogP contribution is 2.10. The number of hydrogen-bond acceptors (Lipinski definition) is 2. The lowest BCUT2D eigenvalue weighted by Gasteiger charge is -2.14. The number of carbonyl (C=O) groups excluding carboxylic acids is 1. The van der Waals surface area contributed by atoms with Gasteiger partial charge in [0.05, 0.1) is 0 Å². The summed E-state index contributed by atoms with van der Waals surface area (Å²) in [6.45, 7) is 4.03. The number of pyridine rings is 1. The highest BCUT2D eigenvalue weighted by atomic mass is 16.2. The quantitative estimate of drug-likeness (QED) is 0.884. The Morgan fingerprint density at radius 3 is 2.63 bits per heavy atom. The number of amides is 1. The molecule has 0 aliphatic heterocycles. The highest BCUT2D eigenvalue weighted by molar-refractivity contribution is 5.97. The van der Waals surface area contributed by atoms with E-state index in [-0.39, 0.29) is 23.1 Å². The summed E-state index contributed by atoms with van der Waals surface area (Å²) < 4.78 is 0. The van der Waals surface area contributed by atoms with Gasteiger partial charge in [0, 0.05) is 11.6 Å². The number of para-hydroxylation sites is 1. The van der Waals surface area contributed by atoms with Crippen molar-refractivity contribution >= 4 is 16.8 Å². The first kappa shape index (κ1) is 13.3. The molecule has 19 heavy (non-hydrogen) atoms. The van der Waals surface area contributed by atoms with E-state index in [4.69, 9.17) is 0 Å². The molecule has 4 nitrogen and oxygen atoms in total. The Balaban J connectivity index is 2.36. The van der Waals surface area contributed by atoms with Gasteiger partial charge in [0.2, 0.25) is 0 Å². The van der Waals surface area contributed by atoms with Gasteiger partial charge in [-0.3, -0.25) is 9.59 Å². The monoisotopic (exact) mass is 258 g/mol. The molecule has 1 aromatic carbocycles. The topological polar surface area (TPSA) is 62.0 Å². The van der Waals surface area contributed by atoms with Crippen LogP contribution in [0.1, 0.15) is 37.0 Å². The van der Waals surface area contributed by atoms with Crippen LogP contribution in [0, 0.1) is 0 Å². The fourth-order valence-electron chi connectivity index (χ4n) is 2.07. The third-order valence-corrected chi connectivity index (χ3v) is 3.32. The number of nitrogens with one attached hydrogen (secondary N) is 2. The predicted molar refractivity (Wildman–Crippen MR) is 76.4 cm³/mol. The molecule has 0 aliphatic rings. The molecule has 0 aliphatic carbocycles. The first-order valence-corrected chi connectivity index (χ1v) is 6.58. The molecule has 2 rings (SSSR count). The van der Waals surface area contributed by atoms with E-state index >= 15 is 0 Å². The Morgan fingerprint density at radius 1 is 1.26 bits per heavy atom. The van der Waals surface area contributed by atoms with E-state index in [9.17, 15) is 9.59 Å². The van der Waals surface area contributed by atoms with Crippen LogP contribution in [0.5, 0.6) is 0 Å². The van der Waals surface area contributed by atoms with Crippen LogP contribution in [0.2, 0.25) is 0 Å². The van der Waals surface area contributed by atoms with Crippen molar-refractivity contribution in [3.8, 4) is 0 Å². The van der Waals surface area contributed by atoms with Gasteiger partial charge in [-0.1, -0.05) is 32.0 Å². The zero-order chi connectivity index (χ0) is 13.8. The molecule has 0 fully saturated rings. The standard InChI is InChI=1S/C15H18N2O2/c1-3-11(4-2)16-14(18)12-9-10-7-5-6-8-13(10)17-15(12)19/h5-9,11H,3-4H2,1-2H3,(H,16,18)(H,17,19). The van der Waals surface area contributed by atoms with Gasteiger partial charge in [0.25, 0.3) is 11.5 Å². The molecule has 0 unspecified atom stereocenters. The Hall–Kier alpha value is -2.10. The Bertz CT molecular complexity index is 642. The van der Waals surface area contributed by atoms with Crippen molar-refractivity contribution in [3.05, 3.63) is 46.2 Å². The first-order valence-electron chi connectivity index (χ1n) is 6.58. The molecular weight excluding hydrogens is 240 g/mol. The number of H-pyrrole nitrogens is 1. The minimum Gasteiger partial charge on any atom is -0.349 e. The van der Waals surface area contributed by atoms with Gasteiger partial charge in [-0.25, -0.2) is 0 Å². The number of aromatic amines is 1. The Labute approximate surface area is 111 Å². The highest BCUT2D eigenvalue weighted by Gasteiger charge is 2.14. The van der Waals surface area contributed by atoms with Crippen molar-refractivity contribution < 1.29 is 4.79 Å². The summed E-state index contributed by atoms with van der Waals surface area (Å²) >= 11 is 0. The van der Waals surface area contributed by atoms with Crippen molar-refractivity contribution in [2.45, 2.75) is 32.7 Å². The van der Waals surface area contributed by atoms with Gasteiger partial charge in [-0.2, -0.15) is 0 Å². The SMILES string of the molecule is CCC(CC)NC(=O)c1cc2ccccc2[nH]c1=O. The van der Waals surface area contributed by atoms with Gasteiger partial charge >= 0.3 is 0 Å². The molecular formula is C15H18N2O2. The molecule has 2 N–H and O–H groups in total. The molecule has 0 saturated heterocycles. The average molecular weight is 258 g/mol. The number of fused-ring (bicyclic) bond motifs is 1. The molecule has 2 aromatic rings. The fourth-order valence-corrected chi connectivity index (χ4v) is 2.07. The van der Waals surface area contributed by atoms with Gasteiger partial charge in [-0.05, 0) is 30.4 Å². The number of aromatic nitrogens is 1. The van der Waals surface area contributed by atoms with E-state index in [1.165, 1.54) is 0 Å². The van der Waals surface area contributed by atoms with Crippen LogP contribution in [0.15, 0.2) is 35.1 Å². The lowest BCUT2D eigenvalue weighted by Crippen LogP contribution is -2.36. The van der Waals surface area contributed by atoms with Gasteiger partial charge in [-0.15, -0.1) is 0 Å². The van der Waals surface area contributed by atoms with Crippen molar-refractivity contribution in [2.75, 3.05) is 0 Å². The fraction of sp³-hybridized carbons (Fsp3) is 0.333. The van der Waals surface area contributed by atoms with E-state index in [1.54, 1.807) is 6.07 Å². The van der Waals surface area contributed by atoms with E-state index in [0.717, 1.165) is 23.7 Å². The van der Waals surface area contributed by atoms with E-state index < -0.39 is 0 Å². The molecule has 1 amide bonds. The average Bonchev–Trinajstić information content (AvgIpc) is 2.43. The normalized spacial score (nSPS) is 10.9. The maximum atomic E-state index is 12.1. The Morgan fingerprint density at radius 2 is 1.95 bits per heavy atom. The maximum absolute atomic E-state index is 12.1. The molecule has 0 spiro atoms. The lowest BCUT2D eigenvalue weighted by molar-refractivity contribution is 0.0933. The first-order chi connectivity index (χ1) is 9.15. The second-order valence-electron chi connectivity index (χ2n) is 4.59. The zero-order valence-corrected chi connectivity index (χ0v) is 11.2. The number of hydrogen-bond donors (Lipinski definition) is 2. The zero-order valence-electron chi connectivity index (χ0n) is 11.2. The molecule has 0 saturated carbocycles. The van der Waals surface area contributed by atoms with Crippen molar-refractivity contribution in [1.82, 2.24) is 10.3 Å². The van der Waals surface area contributed by atoms with Crippen LogP contribution in [0.3, 0.4) is 0 Å². The molecule has 0 radical (unpaired) electrons. The molecule has 0 atom stereocenters. The van der Waals surface area contributed by atoms with E-state index in [0.29, 0.717) is 0 Å². The molecule has 1 heterocycles. The van der Waals surface area contributed by atoms with Gasteiger partial charge < -0.3 is 10.3 Å². The maximum Gasteiger partial charge on any atom is 0.261 e. The summed E-state index contributed by atoms with van der Waals surface area (Å²) in [5.41, 5.74) is 0.569. The summed E-state index contributed by atoms with van der Waals surface area (Å²) in [7, 11) is 0. The summed E-state index contributed by atoms with van der Waals surface area (Å²) in [5.74, 6) is -0.305. The van der Waals surface area contributed by atoms with Crippen molar-refractivity contribution in [1.29, 1.82) is 0 Å². The summed E-state index contributed by atoms with van der Waals surface area (Å²) in [6, 6.07) is 9.17. The molecule has 0 bridgehead atoms. The van der Waals surface area contributed by atoms with E-state index in [1.807, 2.05) is 38.1 Å². The minimum absolute atomic E-state index is 0.110. The van der Waals surface area contributed by atoms with Gasteiger partial charge in [0.1, 0.15) is 5.56 Å². The molecule has 4 heteroatoms. The molecule has 100 valence electrons. The Kier molecular flexibility index (Phi) is 4.00. The van der Waals surface area contributed by atoms with Crippen LogP contribution < -0.4 is 10.9 Å². The van der Waals surface area contributed by atoms with Crippen molar-refractivity contribution in [3.63, 3.8) is 0 Å².